The molecule has 1 heterocycles. The zero-order valence-corrected chi connectivity index (χ0v) is 10.3. The summed E-state index contributed by atoms with van der Waals surface area (Å²) in [5.41, 5.74) is 0. The summed E-state index contributed by atoms with van der Waals surface area (Å²) in [6.07, 6.45) is 0.514. The van der Waals surface area contributed by atoms with Crippen LogP contribution >= 0.6 is 12.4 Å². The second-order valence-corrected chi connectivity index (χ2v) is 3.64. The van der Waals surface area contributed by atoms with E-state index in [1.165, 1.54) is 0 Å². The molecule has 0 aromatic rings. The third-order valence-corrected chi connectivity index (χ3v) is 2.39. The smallest absolute Gasteiger partial charge is 0.224 e. The fourth-order valence-electron chi connectivity index (χ4n) is 1.62. The lowest BCUT2D eigenvalue weighted by molar-refractivity contribution is -0.133. The number of halogens is 1. The van der Waals surface area contributed by atoms with Crippen molar-refractivity contribution in [2.24, 2.45) is 0 Å². The number of ether oxygens (including phenoxy) is 1. The number of nitrogens with one attached hydrogen (secondary N) is 1. The van der Waals surface area contributed by atoms with Gasteiger partial charge in [0.05, 0.1) is 13.0 Å². The molecule has 5 heteroatoms. The van der Waals surface area contributed by atoms with E-state index in [0.717, 1.165) is 19.6 Å². The number of rotatable bonds is 4. The topological polar surface area (TPSA) is 41.6 Å². The molecule has 4 nitrogen and oxygen atoms in total. The van der Waals surface area contributed by atoms with Crippen LogP contribution in [-0.2, 0) is 9.53 Å². The molecule has 0 radical (unpaired) electrons. The Morgan fingerprint density at radius 3 is 2.93 bits per heavy atom. The predicted octanol–water partition coefficient (Wildman–Crippen LogP) is 0.655. The van der Waals surface area contributed by atoms with Crippen LogP contribution in [0, 0.1) is 0 Å². The Balaban J connectivity index is 0.00000196. The number of nitrogens with zero attached hydrogens (tertiary/aromatic N) is 1. The first-order chi connectivity index (χ1) is 6.74. The molecule has 0 unspecified atom stereocenters. The van der Waals surface area contributed by atoms with Gasteiger partial charge in [0.15, 0.2) is 0 Å². The number of carbonyl (C=O) groups is 1. The Bertz CT molecular complexity index is 190. The number of amides is 1. The van der Waals surface area contributed by atoms with Gasteiger partial charge in [-0.05, 0) is 13.8 Å². The zero-order chi connectivity index (χ0) is 10.4. The van der Waals surface area contributed by atoms with Crippen LogP contribution in [0.5, 0.6) is 0 Å². The minimum Gasteiger partial charge on any atom is -0.381 e. The standard InChI is InChI=1S/C10H20N2O2.ClH/c1-3-14-7-4-10(13)12-6-5-11-9(2)8-12;/h9,11H,3-8H2,1-2H3;1H/t9-;/m0./s1. The van der Waals surface area contributed by atoms with Gasteiger partial charge in [0.2, 0.25) is 5.91 Å². The van der Waals surface area contributed by atoms with E-state index in [0.29, 0.717) is 25.7 Å². The minimum absolute atomic E-state index is 0. The van der Waals surface area contributed by atoms with E-state index in [2.05, 4.69) is 12.2 Å². The molecule has 1 amide bonds. The lowest BCUT2D eigenvalue weighted by atomic mass is 10.2. The van der Waals surface area contributed by atoms with Gasteiger partial charge < -0.3 is 15.0 Å². The van der Waals surface area contributed by atoms with E-state index >= 15 is 0 Å². The fourth-order valence-corrected chi connectivity index (χ4v) is 1.62. The lowest BCUT2D eigenvalue weighted by Gasteiger charge is -2.31. The largest absolute Gasteiger partial charge is 0.381 e. The first-order valence-corrected chi connectivity index (χ1v) is 5.33. The van der Waals surface area contributed by atoms with Crippen molar-refractivity contribution in [3.05, 3.63) is 0 Å². The van der Waals surface area contributed by atoms with E-state index in [1.54, 1.807) is 0 Å². The maximum Gasteiger partial charge on any atom is 0.224 e. The molecule has 1 N–H and O–H groups in total. The van der Waals surface area contributed by atoms with Gasteiger partial charge in [0, 0.05) is 32.3 Å². The van der Waals surface area contributed by atoms with Crippen molar-refractivity contribution in [1.82, 2.24) is 10.2 Å². The van der Waals surface area contributed by atoms with Crippen LogP contribution in [0.3, 0.4) is 0 Å². The average Bonchev–Trinajstić information content (AvgIpc) is 2.18. The van der Waals surface area contributed by atoms with Crippen LogP contribution in [0.1, 0.15) is 20.3 Å². The van der Waals surface area contributed by atoms with Gasteiger partial charge >= 0.3 is 0 Å². The summed E-state index contributed by atoms with van der Waals surface area (Å²) in [4.78, 5) is 13.6. The molecule has 0 saturated carbocycles. The van der Waals surface area contributed by atoms with Crippen LogP contribution in [-0.4, -0.2) is 49.7 Å². The maximum atomic E-state index is 11.6. The highest BCUT2D eigenvalue weighted by Crippen LogP contribution is 2.01. The number of piperazine rings is 1. The first kappa shape index (κ1) is 14.7. The highest BCUT2D eigenvalue weighted by atomic mass is 35.5. The fraction of sp³-hybridized carbons (Fsp3) is 0.900. The van der Waals surface area contributed by atoms with Gasteiger partial charge in [0.25, 0.3) is 0 Å². The summed E-state index contributed by atoms with van der Waals surface area (Å²) in [6, 6.07) is 0.416. The molecule has 1 rings (SSSR count). The maximum absolute atomic E-state index is 11.6. The minimum atomic E-state index is 0. The van der Waals surface area contributed by atoms with Gasteiger partial charge in [-0.25, -0.2) is 0 Å². The van der Waals surface area contributed by atoms with Gasteiger partial charge in [-0.1, -0.05) is 0 Å². The second-order valence-electron chi connectivity index (χ2n) is 3.64. The highest BCUT2D eigenvalue weighted by Gasteiger charge is 2.19. The van der Waals surface area contributed by atoms with Crippen molar-refractivity contribution in [1.29, 1.82) is 0 Å². The Morgan fingerprint density at radius 2 is 2.33 bits per heavy atom. The Labute approximate surface area is 97.8 Å². The number of hydrogen-bond donors (Lipinski definition) is 1. The van der Waals surface area contributed by atoms with Crippen LogP contribution in [0.15, 0.2) is 0 Å². The van der Waals surface area contributed by atoms with Crippen LogP contribution in [0.2, 0.25) is 0 Å². The zero-order valence-electron chi connectivity index (χ0n) is 9.49. The Hall–Kier alpha value is -0.320. The SMILES string of the molecule is CCOCCC(=O)N1CCN[C@@H](C)C1.Cl. The molecule has 1 fully saturated rings. The molecule has 0 aliphatic carbocycles. The Morgan fingerprint density at radius 1 is 1.60 bits per heavy atom. The summed E-state index contributed by atoms with van der Waals surface area (Å²) in [6.45, 7) is 7.83. The van der Waals surface area contributed by atoms with Gasteiger partial charge in [-0.15, -0.1) is 12.4 Å². The molecular weight excluding hydrogens is 216 g/mol. The van der Waals surface area contributed by atoms with Crippen molar-refractivity contribution >= 4 is 18.3 Å². The van der Waals surface area contributed by atoms with E-state index in [1.807, 2.05) is 11.8 Å². The summed E-state index contributed by atoms with van der Waals surface area (Å²) < 4.78 is 5.16. The summed E-state index contributed by atoms with van der Waals surface area (Å²) in [5.74, 6) is 0.215. The third-order valence-electron chi connectivity index (χ3n) is 2.39. The molecule has 90 valence electrons. The van der Waals surface area contributed by atoms with E-state index in [-0.39, 0.29) is 18.3 Å². The molecule has 1 aliphatic heterocycles. The van der Waals surface area contributed by atoms with Gasteiger partial charge in [-0.3, -0.25) is 4.79 Å². The number of hydrogen-bond acceptors (Lipinski definition) is 3. The predicted molar refractivity (Wildman–Crippen MR) is 62.4 cm³/mol. The normalized spacial score (nSPS) is 20.9. The van der Waals surface area contributed by atoms with Crippen LogP contribution in [0.4, 0.5) is 0 Å². The molecule has 1 atom stereocenters. The molecular formula is C10H21ClN2O2. The highest BCUT2D eigenvalue weighted by molar-refractivity contribution is 5.85. The van der Waals surface area contributed by atoms with E-state index < -0.39 is 0 Å². The molecule has 1 aliphatic rings. The monoisotopic (exact) mass is 236 g/mol. The molecule has 1 saturated heterocycles. The molecule has 0 aromatic heterocycles. The quantitative estimate of drug-likeness (QED) is 0.729. The molecule has 0 spiro atoms. The van der Waals surface area contributed by atoms with Crippen LogP contribution in [0.25, 0.3) is 0 Å². The van der Waals surface area contributed by atoms with Crippen molar-refractivity contribution < 1.29 is 9.53 Å². The molecule has 15 heavy (non-hydrogen) atoms. The second kappa shape index (κ2) is 7.91. The Kier molecular flexibility index (Phi) is 7.74. The van der Waals surface area contributed by atoms with Crippen molar-refractivity contribution in [3.8, 4) is 0 Å². The first-order valence-electron chi connectivity index (χ1n) is 5.33. The van der Waals surface area contributed by atoms with Crippen molar-refractivity contribution in [2.75, 3.05) is 32.8 Å². The molecule has 0 bridgehead atoms. The van der Waals surface area contributed by atoms with Gasteiger partial charge in [0.1, 0.15) is 0 Å². The van der Waals surface area contributed by atoms with Crippen LogP contribution < -0.4 is 5.32 Å². The lowest BCUT2D eigenvalue weighted by Crippen LogP contribution is -2.51. The van der Waals surface area contributed by atoms with E-state index in [4.69, 9.17) is 4.74 Å². The summed E-state index contributed by atoms with van der Waals surface area (Å²) in [7, 11) is 0. The third kappa shape index (κ3) is 5.35. The molecule has 0 aromatic carbocycles. The van der Waals surface area contributed by atoms with Crippen molar-refractivity contribution in [2.45, 2.75) is 26.3 Å². The average molecular weight is 237 g/mol. The number of carbonyl (C=O) groups excluding carboxylic acids is 1. The van der Waals surface area contributed by atoms with E-state index in [9.17, 15) is 4.79 Å². The summed E-state index contributed by atoms with van der Waals surface area (Å²) in [5, 5.41) is 3.31. The summed E-state index contributed by atoms with van der Waals surface area (Å²) >= 11 is 0. The van der Waals surface area contributed by atoms with Gasteiger partial charge in [-0.2, -0.15) is 0 Å². The van der Waals surface area contributed by atoms with Crippen molar-refractivity contribution in [3.63, 3.8) is 0 Å².